The lowest BCUT2D eigenvalue weighted by molar-refractivity contribution is 0.0303. The molecule has 3 heterocycles. The minimum atomic E-state index is -0.321. The first-order chi connectivity index (χ1) is 15.6. The van der Waals surface area contributed by atoms with E-state index >= 15 is 0 Å². The van der Waals surface area contributed by atoms with Crippen LogP contribution in [-0.2, 0) is 17.8 Å². The van der Waals surface area contributed by atoms with Crippen molar-refractivity contribution in [3.05, 3.63) is 75.6 Å². The van der Waals surface area contributed by atoms with Crippen molar-refractivity contribution in [1.82, 2.24) is 19.2 Å². The topological polar surface area (TPSA) is 95.4 Å². The van der Waals surface area contributed by atoms with Gasteiger partial charge in [0.1, 0.15) is 6.33 Å². The monoisotopic (exact) mass is 493 g/mol. The molecule has 2 aromatic heterocycles. The molecule has 4 rings (SSSR count). The maximum absolute atomic E-state index is 12.7. The molecular weight excluding hydrogens is 469 g/mol. The SMILES string of the molecule is Cl.NC/C(=C\F)Cn1ncn(Cc2ccc(-c3ccc(C(=O)N4CCOCC4)cc3)s2)c1=O. The molecule has 1 amide bonds. The van der Waals surface area contributed by atoms with Gasteiger partial charge >= 0.3 is 5.69 Å². The van der Waals surface area contributed by atoms with Gasteiger partial charge in [-0.15, -0.1) is 23.7 Å². The van der Waals surface area contributed by atoms with Crippen molar-refractivity contribution < 1.29 is 13.9 Å². The molecule has 3 aromatic rings. The van der Waals surface area contributed by atoms with E-state index in [1.165, 1.54) is 15.6 Å². The summed E-state index contributed by atoms with van der Waals surface area (Å²) >= 11 is 1.56. The van der Waals surface area contributed by atoms with Crippen LogP contribution in [0.5, 0.6) is 0 Å². The molecule has 33 heavy (non-hydrogen) atoms. The maximum Gasteiger partial charge on any atom is 0.346 e. The molecule has 176 valence electrons. The molecule has 1 aromatic carbocycles. The number of hydrogen-bond acceptors (Lipinski definition) is 6. The van der Waals surface area contributed by atoms with Gasteiger partial charge in [0.2, 0.25) is 0 Å². The molecule has 0 bridgehead atoms. The first kappa shape index (κ1) is 24.8. The maximum atomic E-state index is 12.7. The Balaban J connectivity index is 0.00000306. The number of aromatic nitrogens is 3. The van der Waals surface area contributed by atoms with Crippen LogP contribution in [0.4, 0.5) is 4.39 Å². The van der Waals surface area contributed by atoms with Gasteiger partial charge in [0.05, 0.1) is 32.6 Å². The number of amides is 1. The first-order valence-electron chi connectivity index (χ1n) is 10.3. The molecule has 1 saturated heterocycles. The molecule has 8 nitrogen and oxygen atoms in total. The van der Waals surface area contributed by atoms with E-state index in [4.69, 9.17) is 10.5 Å². The highest BCUT2D eigenvalue weighted by molar-refractivity contribution is 7.15. The van der Waals surface area contributed by atoms with E-state index in [9.17, 15) is 14.0 Å². The summed E-state index contributed by atoms with van der Waals surface area (Å²) in [5.41, 5.74) is 7.09. The minimum absolute atomic E-state index is 0. The number of hydrogen-bond donors (Lipinski definition) is 1. The van der Waals surface area contributed by atoms with E-state index in [0.29, 0.717) is 50.3 Å². The predicted molar refractivity (Wildman–Crippen MR) is 128 cm³/mol. The summed E-state index contributed by atoms with van der Waals surface area (Å²) in [7, 11) is 0. The lowest BCUT2D eigenvalue weighted by atomic mass is 10.1. The zero-order chi connectivity index (χ0) is 22.5. The fraction of sp³-hybridized carbons (Fsp3) is 0.318. The number of nitrogens with two attached hydrogens (primary N) is 1. The fourth-order valence-corrected chi connectivity index (χ4v) is 4.45. The second-order valence-corrected chi connectivity index (χ2v) is 8.59. The average molecular weight is 494 g/mol. The van der Waals surface area contributed by atoms with Crippen molar-refractivity contribution in [3.8, 4) is 10.4 Å². The average Bonchev–Trinajstić information content (AvgIpc) is 3.45. The van der Waals surface area contributed by atoms with Gasteiger partial charge in [0.15, 0.2) is 0 Å². The largest absolute Gasteiger partial charge is 0.378 e. The molecule has 0 radical (unpaired) electrons. The molecule has 1 fully saturated rings. The molecule has 2 N–H and O–H groups in total. The summed E-state index contributed by atoms with van der Waals surface area (Å²) in [4.78, 5) is 28.9. The standard InChI is InChI=1S/C22H24FN5O3S.ClH/c23-11-16(12-24)13-28-22(30)27(15-25-28)14-19-5-6-20(32-19)17-1-3-18(4-2-17)21(29)26-7-9-31-10-8-26;/h1-6,11,15H,7-10,12-14,24H2;1H/b16-11+;. The quantitative estimate of drug-likeness (QED) is 0.545. The lowest BCUT2D eigenvalue weighted by Crippen LogP contribution is -2.40. The molecule has 0 aliphatic carbocycles. The Labute approximate surface area is 200 Å². The number of halogens is 2. The van der Waals surface area contributed by atoms with E-state index in [-0.39, 0.29) is 37.1 Å². The lowest BCUT2D eigenvalue weighted by Gasteiger charge is -2.26. The van der Waals surface area contributed by atoms with E-state index < -0.39 is 0 Å². The molecule has 11 heteroatoms. The fourth-order valence-electron chi connectivity index (χ4n) is 3.44. The van der Waals surface area contributed by atoms with Crippen LogP contribution in [0.1, 0.15) is 15.2 Å². The first-order valence-corrected chi connectivity index (χ1v) is 11.1. The Morgan fingerprint density at radius 3 is 2.58 bits per heavy atom. The van der Waals surface area contributed by atoms with Crippen LogP contribution >= 0.6 is 23.7 Å². The molecule has 0 saturated carbocycles. The van der Waals surface area contributed by atoms with E-state index in [0.717, 1.165) is 15.3 Å². The Morgan fingerprint density at radius 1 is 1.18 bits per heavy atom. The number of carbonyl (C=O) groups is 1. The van der Waals surface area contributed by atoms with Crippen LogP contribution in [0.25, 0.3) is 10.4 Å². The van der Waals surface area contributed by atoms with E-state index in [1.54, 1.807) is 16.2 Å². The smallest absolute Gasteiger partial charge is 0.346 e. The summed E-state index contributed by atoms with van der Waals surface area (Å²) < 4.78 is 20.7. The molecule has 1 aliphatic heterocycles. The Hall–Kier alpha value is -2.79. The Kier molecular flexibility index (Phi) is 8.56. The number of nitrogens with zero attached hydrogens (tertiary/aromatic N) is 4. The van der Waals surface area contributed by atoms with Crippen LogP contribution in [0, 0.1) is 0 Å². The Morgan fingerprint density at radius 2 is 1.91 bits per heavy atom. The van der Waals surface area contributed by atoms with Gasteiger partial charge in [-0.1, -0.05) is 12.1 Å². The second-order valence-electron chi connectivity index (χ2n) is 7.42. The number of carbonyl (C=O) groups excluding carboxylic acids is 1. The summed E-state index contributed by atoms with van der Waals surface area (Å²) in [5.74, 6) is 0.0171. The van der Waals surface area contributed by atoms with E-state index in [1.807, 2.05) is 36.4 Å². The van der Waals surface area contributed by atoms with Crippen molar-refractivity contribution in [1.29, 1.82) is 0 Å². The summed E-state index contributed by atoms with van der Waals surface area (Å²) in [6.07, 6.45) is 1.86. The highest BCUT2D eigenvalue weighted by atomic mass is 35.5. The molecule has 0 unspecified atom stereocenters. The summed E-state index contributed by atoms with van der Waals surface area (Å²) in [6, 6.07) is 11.5. The van der Waals surface area contributed by atoms with Crippen molar-refractivity contribution >= 4 is 29.7 Å². The van der Waals surface area contributed by atoms with Gasteiger partial charge in [-0.25, -0.2) is 13.9 Å². The summed E-state index contributed by atoms with van der Waals surface area (Å²) in [6.45, 7) is 2.80. The second kappa shape index (κ2) is 11.4. The van der Waals surface area contributed by atoms with Gasteiger partial charge in [-0.3, -0.25) is 9.36 Å². The molecular formula is C22H25ClFN5O3S. The Bertz CT molecular complexity index is 1170. The predicted octanol–water partition coefficient (Wildman–Crippen LogP) is 2.53. The minimum Gasteiger partial charge on any atom is -0.378 e. The normalized spacial score (nSPS) is 14.2. The number of thiophene rings is 1. The molecule has 0 atom stereocenters. The van der Waals surface area contributed by atoms with Crippen molar-refractivity contribution in [3.63, 3.8) is 0 Å². The number of ether oxygens (including phenoxy) is 1. The van der Waals surface area contributed by atoms with Gasteiger partial charge in [-0.2, -0.15) is 5.10 Å². The highest BCUT2D eigenvalue weighted by Crippen LogP contribution is 2.29. The third-order valence-electron chi connectivity index (χ3n) is 5.27. The van der Waals surface area contributed by atoms with Crippen molar-refractivity contribution in [2.75, 3.05) is 32.8 Å². The number of rotatable bonds is 7. The van der Waals surface area contributed by atoms with Crippen LogP contribution in [0.3, 0.4) is 0 Å². The molecule has 0 spiro atoms. The zero-order valence-electron chi connectivity index (χ0n) is 17.9. The van der Waals surface area contributed by atoms with Crippen LogP contribution in [-0.4, -0.2) is 58.0 Å². The van der Waals surface area contributed by atoms with Gasteiger partial charge in [-0.05, 0) is 35.4 Å². The van der Waals surface area contributed by atoms with Crippen LogP contribution < -0.4 is 11.4 Å². The van der Waals surface area contributed by atoms with Gasteiger partial charge in [0.25, 0.3) is 5.91 Å². The van der Waals surface area contributed by atoms with Crippen molar-refractivity contribution in [2.45, 2.75) is 13.1 Å². The third kappa shape index (κ3) is 5.77. The van der Waals surface area contributed by atoms with Crippen molar-refractivity contribution in [2.24, 2.45) is 5.73 Å². The van der Waals surface area contributed by atoms with Gasteiger partial charge in [0, 0.05) is 35.0 Å². The van der Waals surface area contributed by atoms with Crippen LogP contribution in [0.2, 0.25) is 0 Å². The molecule has 1 aliphatic rings. The van der Waals surface area contributed by atoms with E-state index in [2.05, 4.69) is 5.10 Å². The summed E-state index contributed by atoms with van der Waals surface area (Å²) in [5, 5.41) is 4.04. The number of benzene rings is 1. The zero-order valence-corrected chi connectivity index (χ0v) is 19.5. The van der Waals surface area contributed by atoms with Gasteiger partial charge < -0.3 is 15.4 Å². The highest BCUT2D eigenvalue weighted by Gasteiger charge is 2.18. The third-order valence-corrected chi connectivity index (χ3v) is 6.39. The van der Waals surface area contributed by atoms with Crippen LogP contribution in [0.15, 0.2) is 59.4 Å². The number of morpholine rings is 1.